The molecule has 0 aliphatic carbocycles. The Balaban J connectivity index is 3.24. The second-order valence-electron chi connectivity index (χ2n) is 4.51. The largest absolute Gasteiger partial charge is 0.338 e. The van der Waals surface area contributed by atoms with Crippen LogP contribution < -0.4 is 10.6 Å². The Morgan fingerprint density at radius 2 is 1.05 bits per heavy atom. The van der Waals surface area contributed by atoms with Gasteiger partial charge in [0.2, 0.25) is 10.5 Å². The van der Waals surface area contributed by atoms with Crippen LogP contribution in [0.1, 0.15) is 51.4 Å². The van der Waals surface area contributed by atoms with Crippen LogP contribution in [0.5, 0.6) is 0 Å². The van der Waals surface area contributed by atoms with Gasteiger partial charge >= 0.3 is 6.03 Å². The number of unbranched alkanes of at least 4 members (excludes halogenated alkanes) is 4. The molecule has 0 aromatic carbocycles. The number of hydrogen-bond donors (Lipinski definition) is 2. The quantitative estimate of drug-likeness (QED) is 0.428. The number of urea groups is 1. The lowest BCUT2D eigenvalue weighted by molar-refractivity contribution is -0.112. The van der Waals surface area contributed by atoms with Gasteiger partial charge in [-0.1, -0.05) is 12.8 Å². The van der Waals surface area contributed by atoms with Crippen LogP contribution in [0.3, 0.4) is 0 Å². The van der Waals surface area contributed by atoms with Gasteiger partial charge in [0.05, 0.1) is 0 Å². The standard InChI is InChI=1S/C13H22Cl2N2O3/c14-11(18)7-3-1-5-9-16-13(20)17-10-6-2-4-8-12(15)19/h1-10H2,(H2,16,17,20). The SMILES string of the molecule is O=C(Cl)CCCCCNC(=O)NCCCCCC(=O)Cl. The Hall–Kier alpha value is -0.810. The average molecular weight is 325 g/mol. The predicted molar refractivity (Wildman–Crippen MR) is 80.1 cm³/mol. The summed E-state index contributed by atoms with van der Waals surface area (Å²) in [6.45, 7) is 1.17. The van der Waals surface area contributed by atoms with E-state index in [-0.39, 0.29) is 16.5 Å². The molecule has 0 aliphatic heterocycles. The van der Waals surface area contributed by atoms with Gasteiger partial charge in [-0.15, -0.1) is 0 Å². The fourth-order valence-corrected chi connectivity index (χ4v) is 1.87. The molecule has 5 nitrogen and oxygen atoms in total. The number of carbonyl (C=O) groups is 3. The average Bonchev–Trinajstić information content (AvgIpc) is 2.37. The molecule has 0 fully saturated rings. The van der Waals surface area contributed by atoms with Gasteiger partial charge in [-0.3, -0.25) is 9.59 Å². The first-order valence-electron chi connectivity index (χ1n) is 6.90. The molecule has 0 bridgehead atoms. The third-order valence-corrected chi connectivity index (χ3v) is 3.05. The smallest absolute Gasteiger partial charge is 0.314 e. The van der Waals surface area contributed by atoms with E-state index in [9.17, 15) is 14.4 Å². The van der Waals surface area contributed by atoms with E-state index in [4.69, 9.17) is 23.2 Å². The Kier molecular flexibility index (Phi) is 12.7. The van der Waals surface area contributed by atoms with Crippen molar-refractivity contribution in [3.05, 3.63) is 0 Å². The number of amides is 2. The highest BCUT2D eigenvalue weighted by Crippen LogP contribution is 2.02. The molecule has 2 N–H and O–H groups in total. The maximum Gasteiger partial charge on any atom is 0.314 e. The van der Waals surface area contributed by atoms with Gasteiger partial charge in [0.25, 0.3) is 0 Å². The van der Waals surface area contributed by atoms with Gasteiger partial charge in [0.1, 0.15) is 0 Å². The van der Waals surface area contributed by atoms with Gasteiger partial charge in [-0.25, -0.2) is 4.79 Å². The summed E-state index contributed by atoms with van der Waals surface area (Å²) in [5.41, 5.74) is 0. The molecule has 116 valence electrons. The van der Waals surface area contributed by atoms with Crippen molar-refractivity contribution in [3.8, 4) is 0 Å². The minimum Gasteiger partial charge on any atom is -0.338 e. The van der Waals surface area contributed by atoms with Crippen LogP contribution in [0.15, 0.2) is 0 Å². The topological polar surface area (TPSA) is 75.3 Å². The van der Waals surface area contributed by atoms with E-state index in [1.807, 2.05) is 0 Å². The summed E-state index contributed by atoms with van der Waals surface area (Å²) >= 11 is 10.4. The van der Waals surface area contributed by atoms with Crippen molar-refractivity contribution in [1.82, 2.24) is 10.6 Å². The zero-order valence-corrected chi connectivity index (χ0v) is 13.1. The molecule has 20 heavy (non-hydrogen) atoms. The second-order valence-corrected chi connectivity index (χ2v) is 5.36. The summed E-state index contributed by atoms with van der Waals surface area (Å²) in [5.74, 6) is 0. The summed E-state index contributed by atoms with van der Waals surface area (Å²) in [7, 11) is 0. The minimum absolute atomic E-state index is 0.188. The first-order valence-corrected chi connectivity index (χ1v) is 7.66. The van der Waals surface area contributed by atoms with Gasteiger partial charge in [0, 0.05) is 25.9 Å². The molecule has 0 saturated heterocycles. The molecule has 0 heterocycles. The lowest BCUT2D eigenvalue weighted by Gasteiger charge is -2.07. The molecule has 0 saturated carbocycles. The van der Waals surface area contributed by atoms with E-state index in [2.05, 4.69) is 10.6 Å². The number of halogens is 2. The van der Waals surface area contributed by atoms with Crippen molar-refractivity contribution in [3.63, 3.8) is 0 Å². The summed E-state index contributed by atoms with van der Waals surface area (Å²) in [4.78, 5) is 32.3. The molecule has 0 rings (SSSR count). The molecule has 0 spiro atoms. The highest BCUT2D eigenvalue weighted by atomic mass is 35.5. The Bertz CT molecular complexity index is 284. The summed E-state index contributed by atoms with van der Waals surface area (Å²) < 4.78 is 0. The fourth-order valence-electron chi connectivity index (χ4n) is 1.60. The van der Waals surface area contributed by atoms with E-state index in [1.54, 1.807) is 0 Å². The third kappa shape index (κ3) is 15.2. The molecule has 0 aliphatic rings. The van der Waals surface area contributed by atoms with Crippen molar-refractivity contribution in [2.24, 2.45) is 0 Å². The van der Waals surface area contributed by atoms with E-state index < -0.39 is 0 Å². The first kappa shape index (κ1) is 19.2. The monoisotopic (exact) mass is 324 g/mol. The van der Waals surface area contributed by atoms with Gasteiger partial charge in [-0.2, -0.15) is 0 Å². The molecular formula is C13H22Cl2N2O3. The van der Waals surface area contributed by atoms with E-state index in [0.29, 0.717) is 25.9 Å². The predicted octanol–water partition coefficient (Wildman–Crippen LogP) is 2.94. The van der Waals surface area contributed by atoms with Crippen molar-refractivity contribution in [2.45, 2.75) is 51.4 Å². The normalized spacial score (nSPS) is 10.1. The number of carbonyl (C=O) groups excluding carboxylic acids is 3. The molecular weight excluding hydrogens is 303 g/mol. The molecule has 0 radical (unpaired) electrons. The maximum absolute atomic E-state index is 11.4. The number of hydrogen-bond acceptors (Lipinski definition) is 3. The van der Waals surface area contributed by atoms with Crippen LogP contribution >= 0.6 is 23.2 Å². The van der Waals surface area contributed by atoms with Crippen LogP contribution in [0, 0.1) is 0 Å². The van der Waals surface area contributed by atoms with Gasteiger partial charge in [-0.05, 0) is 48.9 Å². The van der Waals surface area contributed by atoms with Crippen LogP contribution in [0.25, 0.3) is 0 Å². The highest BCUT2D eigenvalue weighted by molar-refractivity contribution is 6.63. The summed E-state index contributed by atoms with van der Waals surface area (Å²) in [5, 5.41) is 4.85. The molecule has 7 heteroatoms. The second kappa shape index (κ2) is 13.2. The lowest BCUT2D eigenvalue weighted by atomic mass is 10.2. The fraction of sp³-hybridized carbons (Fsp3) is 0.769. The third-order valence-electron chi connectivity index (χ3n) is 2.67. The number of nitrogens with one attached hydrogen (secondary N) is 2. The molecule has 0 aromatic rings. The number of rotatable bonds is 12. The van der Waals surface area contributed by atoms with Crippen LogP contribution in [0.4, 0.5) is 4.79 Å². The summed E-state index contributed by atoms with van der Waals surface area (Å²) in [6, 6.07) is -0.188. The van der Waals surface area contributed by atoms with Crippen LogP contribution in [-0.4, -0.2) is 29.6 Å². The van der Waals surface area contributed by atoms with E-state index >= 15 is 0 Å². The molecule has 0 unspecified atom stereocenters. The zero-order chi connectivity index (χ0) is 15.2. The van der Waals surface area contributed by atoms with Crippen LogP contribution in [0.2, 0.25) is 0 Å². The van der Waals surface area contributed by atoms with Crippen molar-refractivity contribution in [2.75, 3.05) is 13.1 Å². The van der Waals surface area contributed by atoms with Gasteiger partial charge in [0.15, 0.2) is 0 Å². The molecule has 0 atom stereocenters. The van der Waals surface area contributed by atoms with E-state index in [1.165, 1.54) is 0 Å². The van der Waals surface area contributed by atoms with Crippen LogP contribution in [-0.2, 0) is 9.59 Å². The first-order chi connectivity index (χ1) is 9.52. The van der Waals surface area contributed by atoms with Crippen molar-refractivity contribution >= 4 is 39.7 Å². The Morgan fingerprint density at radius 1 is 0.650 bits per heavy atom. The zero-order valence-electron chi connectivity index (χ0n) is 11.6. The van der Waals surface area contributed by atoms with Crippen molar-refractivity contribution in [1.29, 1.82) is 0 Å². The highest BCUT2D eigenvalue weighted by Gasteiger charge is 2.00. The Labute approximate surface area is 129 Å². The van der Waals surface area contributed by atoms with E-state index in [0.717, 1.165) is 38.5 Å². The molecule has 0 aromatic heterocycles. The molecule has 2 amide bonds. The van der Waals surface area contributed by atoms with Gasteiger partial charge < -0.3 is 10.6 Å². The summed E-state index contributed by atoms with van der Waals surface area (Å²) in [6.07, 6.45) is 5.67. The van der Waals surface area contributed by atoms with Crippen molar-refractivity contribution < 1.29 is 14.4 Å². The minimum atomic E-state index is -0.313. The lowest BCUT2D eigenvalue weighted by Crippen LogP contribution is -2.36. The maximum atomic E-state index is 11.4. The Morgan fingerprint density at radius 3 is 1.40 bits per heavy atom.